The van der Waals surface area contributed by atoms with Crippen LogP contribution in [0.25, 0.3) is 0 Å². The fraction of sp³-hybridized carbons (Fsp3) is 0.385. The maximum Gasteiger partial charge on any atom is 0.241 e. The molecule has 1 atom stereocenters. The van der Waals surface area contributed by atoms with Crippen molar-refractivity contribution in [3.63, 3.8) is 0 Å². The first-order chi connectivity index (χ1) is 17.3. The molecule has 1 aliphatic rings. The third-order valence-corrected chi connectivity index (χ3v) is 7.67. The molecular formula is C26H34N5O4SW-. The molecule has 3 N–H and O–H groups in total. The molecule has 0 spiro atoms. The van der Waals surface area contributed by atoms with E-state index in [0.717, 1.165) is 12.0 Å². The van der Waals surface area contributed by atoms with Crippen LogP contribution in [0.2, 0.25) is 0 Å². The smallest absolute Gasteiger partial charge is 0.241 e. The molecule has 3 rings (SSSR count). The average Bonchev–Trinajstić information content (AvgIpc) is 2.84. The molecular weight excluding hydrogens is 662 g/mol. The molecule has 11 heteroatoms. The van der Waals surface area contributed by atoms with Crippen molar-refractivity contribution < 1.29 is 39.1 Å². The van der Waals surface area contributed by atoms with Crippen LogP contribution in [0.1, 0.15) is 30.9 Å². The van der Waals surface area contributed by atoms with Crippen molar-refractivity contribution in [2.75, 3.05) is 26.2 Å². The number of rotatable bonds is 12. The zero-order valence-corrected chi connectivity index (χ0v) is 24.7. The van der Waals surface area contributed by atoms with Gasteiger partial charge in [0.1, 0.15) is 6.04 Å². The van der Waals surface area contributed by atoms with Crippen LogP contribution in [0, 0.1) is 6.54 Å². The number of nitrogens with zero attached hydrogens (tertiary/aromatic N) is 3. The Morgan fingerprint density at radius 3 is 2.32 bits per heavy atom. The van der Waals surface area contributed by atoms with Crippen LogP contribution in [0.4, 0.5) is 0 Å². The van der Waals surface area contributed by atoms with E-state index in [4.69, 9.17) is 5.73 Å². The van der Waals surface area contributed by atoms with E-state index in [9.17, 15) is 18.0 Å². The van der Waals surface area contributed by atoms with E-state index in [1.54, 1.807) is 37.7 Å². The summed E-state index contributed by atoms with van der Waals surface area (Å²) in [4.78, 5) is 31.5. The number of hydrogen-bond acceptors (Lipinski definition) is 5. The second kappa shape index (κ2) is 15.0. The molecule has 0 aliphatic carbocycles. The summed E-state index contributed by atoms with van der Waals surface area (Å²) in [6, 6.07) is 17.3. The van der Waals surface area contributed by atoms with Crippen LogP contribution in [-0.4, -0.2) is 67.5 Å². The number of amides is 2. The van der Waals surface area contributed by atoms with E-state index in [2.05, 4.69) is 10.3 Å². The van der Waals surface area contributed by atoms with Crippen molar-refractivity contribution in [2.45, 2.75) is 38.0 Å². The molecule has 2 aromatic carbocycles. The third-order valence-electron chi connectivity index (χ3n) is 5.82. The number of unbranched alkanes of at least 4 members (excludes halogenated alkanes) is 1. The Morgan fingerprint density at radius 2 is 1.70 bits per heavy atom. The zero-order valence-electron chi connectivity index (χ0n) is 21.0. The maximum atomic E-state index is 13.5. The summed E-state index contributed by atoms with van der Waals surface area (Å²) in [5, 5.41) is 2.71. The number of nitrogens with two attached hydrogens (primary N) is 1. The Morgan fingerprint density at radius 1 is 1.08 bits per heavy atom. The Labute approximate surface area is 233 Å². The summed E-state index contributed by atoms with van der Waals surface area (Å²) in [6.45, 7) is 4.10. The number of carbonyl (C=O) groups excluding carboxylic acids is 2. The van der Waals surface area contributed by atoms with Gasteiger partial charge in [0, 0.05) is 40.7 Å². The van der Waals surface area contributed by atoms with Gasteiger partial charge in [0.05, 0.1) is 18.1 Å². The molecule has 0 aromatic heterocycles. The predicted molar refractivity (Wildman–Crippen MR) is 140 cm³/mol. The zero-order chi connectivity index (χ0) is 26.0. The first kappa shape index (κ1) is 30.7. The summed E-state index contributed by atoms with van der Waals surface area (Å²) in [7, 11) is -3.76. The number of piperazine rings is 1. The van der Waals surface area contributed by atoms with Crippen molar-refractivity contribution >= 4 is 27.7 Å². The normalized spacial score (nSPS) is 16.8. The molecule has 1 saturated heterocycles. The van der Waals surface area contributed by atoms with Crippen molar-refractivity contribution in [3.8, 4) is 0 Å². The van der Waals surface area contributed by atoms with Crippen LogP contribution >= 0.6 is 0 Å². The molecule has 1 fully saturated rings. The van der Waals surface area contributed by atoms with Crippen LogP contribution in [0.3, 0.4) is 0 Å². The number of carbonyl (C=O) groups is 2. The number of aliphatic imine (C=N–C) groups is 1. The summed E-state index contributed by atoms with van der Waals surface area (Å²) in [5.74, 6) is -0.353. The van der Waals surface area contributed by atoms with Gasteiger partial charge in [-0.15, -0.1) is 0 Å². The van der Waals surface area contributed by atoms with E-state index >= 15 is 0 Å². The van der Waals surface area contributed by atoms with Crippen LogP contribution in [0.5, 0.6) is 0 Å². The van der Waals surface area contributed by atoms with E-state index < -0.39 is 16.1 Å². The van der Waals surface area contributed by atoms with E-state index in [-0.39, 0.29) is 64.7 Å². The predicted octanol–water partition coefficient (Wildman–Crippen LogP) is 1.70. The molecule has 1 heterocycles. The van der Waals surface area contributed by atoms with Crippen molar-refractivity contribution in [1.29, 1.82) is 0 Å². The summed E-state index contributed by atoms with van der Waals surface area (Å²) >= 11 is 0. The Hall–Kier alpha value is -2.55. The fourth-order valence-electron chi connectivity index (χ4n) is 4.06. The van der Waals surface area contributed by atoms with Gasteiger partial charge < -0.3 is 16.0 Å². The Balaban J connectivity index is 0.00000481. The summed E-state index contributed by atoms with van der Waals surface area (Å²) < 4.78 is 28.0. The van der Waals surface area contributed by atoms with Gasteiger partial charge in [-0.05, 0) is 24.5 Å². The van der Waals surface area contributed by atoms with Gasteiger partial charge in [0.2, 0.25) is 21.8 Å². The molecule has 2 aromatic rings. The van der Waals surface area contributed by atoms with Gasteiger partial charge >= 0.3 is 0 Å². The standard InChI is InChI=1S/C26H34N5O4S.W/c1-21(27)28-14-8-9-15-29-25(32)19-30-16-17-31(36(34,35)20-23-12-6-3-7-13-23)24(26(30)33)18-22-10-4-2-5-11-22;/h2-7,10-13,15,24H,8-9,14,16-20H2,1H3,(H2,27,28)(H,29,32);/q-1;. The monoisotopic (exact) mass is 696 g/mol. The maximum absolute atomic E-state index is 13.5. The first-order valence-corrected chi connectivity index (χ1v) is 13.6. The topological polar surface area (TPSA) is 125 Å². The molecule has 0 bridgehead atoms. The Kier molecular flexibility index (Phi) is 12.4. The quantitative estimate of drug-likeness (QED) is 0.151. The summed E-state index contributed by atoms with van der Waals surface area (Å²) in [5.41, 5.74) is 7.01. The van der Waals surface area contributed by atoms with Crippen molar-refractivity contribution in [2.24, 2.45) is 10.7 Å². The minimum Gasteiger partial charge on any atom is -0.504 e. The van der Waals surface area contributed by atoms with E-state index in [1.807, 2.05) is 36.4 Å². The second-order valence-corrected chi connectivity index (χ2v) is 10.7. The van der Waals surface area contributed by atoms with Gasteiger partial charge in [0.25, 0.3) is 0 Å². The molecule has 200 valence electrons. The first-order valence-electron chi connectivity index (χ1n) is 12.0. The number of sulfonamides is 1. The van der Waals surface area contributed by atoms with Crippen molar-refractivity contribution in [3.05, 3.63) is 78.3 Å². The van der Waals surface area contributed by atoms with Gasteiger partial charge in [-0.3, -0.25) is 14.6 Å². The number of amidine groups is 1. The number of hydrogen-bond donors (Lipinski definition) is 2. The third kappa shape index (κ3) is 9.68. The molecule has 37 heavy (non-hydrogen) atoms. The van der Waals surface area contributed by atoms with E-state index in [0.29, 0.717) is 24.4 Å². The number of benzene rings is 2. The number of nitrogens with one attached hydrogen (secondary N) is 1. The summed E-state index contributed by atoms with van der Waals surface area (Å²) in [6.07, 6.45) is 1.60. The van der Waals surface area contributed by atoms with Crippen molar-refractivity contribution in [1.82, 2.24) is 14.5 Å². The molecule has 9 nitrogen and oxygen atoms in total. The van der Waals surface area contributed by atoms with Gasteiger partial charge in [-0.25, -0.2) is 15.0 Å². The largest absolute Gasteiger partial charge is 0.504 e. The molecule has 1 unspecified atom stereocenters. The second-order valence-electron chi connectivity index (χ2n) is 8.75. The minimum atomic E-state index is -3.76. The fourth-order valence-corrected chi connectivity index (χ4v) is 5.75. The van der Waals surface area contributed by atoms with Crippen LogP contribution in [0.15, 0.2) is 65.7 Å². The molecule has 1 aliphatic heterocycles. The van der Waals surface area contributed by atoms with Crippen LogP contribution in [-0.2, 0) is 52.9 Å². The van der Waals surface area contributed by atoms with E-state index in [1.165, 1.54) is 9.21 Å². The van der Waals surface area contributed by atoms with Crippen LogP contribution < -0.4 is 11.1 Å². The molecule has 0 radical (unpaired) electrons. The minimum absolute atomic E-state index is 0. The van der Waals surface area contributed by atoms with Gasteiger partial charge in [0.15, 0.2) is 0 Å². The Bertz CT molecular complexity index is 1140. The molecule has 0 saturated carbocycles. The molecule has 2 amide bonds. The average molecular weight is 696 g/mol. The SMILES string of the molecule is CC(N)=NCCC[CH-]NC(=O)CN1CCN(S(=O)(=O)Cc2ccccc2)C(Cc2ccccc2)C1=O.[W]. The van der Waals surface area contributed by atoms with Gasteiger partial charge in [-0.2, -0.15) is 10.7 Å². The van der Waals surface area contributed by atoms with Gasteiger partial charge in [-0.1, -0.05) is 67.1 Å².